The lowest BCUT2D eigenvalue weighted by Gasteiger charge is -2.14. The topological polar surface area (TPSA) is 67.2 Å². The van der Waals surface area contributed by atoms with Gasteiger partial charge in [0.25, 0.3) is 5.91 Å². The van der Waals surface area contributed by atoms with E-state index in [4.69, 9.17) is 5.73 Å². The van der Waals surface area contributed by atoms with Gasteiger partial charge in [0.1, 0.15) is 0 Å². The molecule has 0 radical (unpaired) electrons. The molecule has 21 heavy (non-hydrogen) atoms. The summed E-state index contributed by atoms with van der Waals surface area (Å²) in [5.41, 5.74) is 9.73. The Balaban J connectivity index is 2.40. The smallest absolute Gasteiger partial charge is 0.253 e. The molecule has 110 valence electrons. The van der Waals surface area contributed by atoms with E-state index >= 15 is 0 Å². The van der Waals surface area contributed by atoms with Crippen molar-refractivity contribution in [2.24, 2.45) is 0 Å². The van der Waals surface area contributed by atoms with Crippen LogP contribution in [0.4, 0.5) is 17.1 Å². The molecule has 4 N–H and O–H groups in total. The van der Waals surface area contributed by atoms with Crippen molar-refractivity contribution in [1.82, 2.24) is 5.32 Å². The van der Waals surface area contributed by atoms with Gasteiger partial charge in [-0.2, -0.15) is 0 Å². The SMILES string of the molecule is CCNC(=O)c1ccc(N)cc1Nc1cc(C)ccc1Br. The summed E-state index contributed by atoms with van der Waals surface area (Å²) in [5.74, 6) is -0.122. The number of benzene rings is 2. The van der Waals surface area contributed by atoms with Gasteiger partial charge in [0.15, 0.2) is 0 Å². The van der Waals surface area contributed by atoms with Gasteiger partial charge in [-0.15, -0.1) is 0 Å². The Hall–Kier alpha value is -2.01. The molecule has 4 nitrogen and oxygen atoms in total. The van der Waals surface area contributed by atoms with Gasteiger partial charge in [-0.3, -0.25) is 4.79 Å². The Morgan fingerprint density at radius 1 is 1.19 bits per heavy atom. The fourth-order valence-corrected chi connectivity index (χ4v) is 2.34. The van der Waals surface area contributed by atoms with Crippen LogP contribution in [0.1, 0.15) is 22.8 Å². The largest absolute Gasteiger partial charge is 0.399 e. The van der Waals surface area contributed by atoms with Crippen LogP contribution < -0.4 is 16.4 Å². The van der Waals surface area contributed by atoms with Crippen LogP contribution in [0, 0.1) is 6.92 Å². The van der Waals surface area contributed by atoms with Gasteiger partial charge in [0.2, 0.25) is 0 Å². The average molecular weight is 348 g/mol. The number of hydrogen-bond donors (Lipinski definition) is 3. The van der Waals surface area contributed by atoms with E-state index in [2.05, 4.69) is 26.6 Å². The van der Waals surface area contributed by atoms with E-state index in [9.17, 15) is 4.79 Å². The highest BCUT2D eigenvalue weighted by atomic mass is 79.9. The molecule has 2 aromatic rings. The maximum absolute atomic E-state index is 12.1. The molecule has 0 unspecified atom stereocenters. The number of amides is 1. The van der Waals surface area contributed by atoms with Crippen LogP contribution in [0.15, 0.2) is 40.9 Å². The zero-order valence-corrected chi connectivity index (χ0v) is 13.6. The summed E-state index contributed by atoms with van der Waals surface area (Å²) < 4.78 is 0.928. The summed E-state index contributed by atoms with van der Waals surface area (Å²) in [6.45, 7) is 4.48. The third-order valence-corrected chi connectivity index (χ3v) is 3.71. The van der Waals surface area contributed by atoms with E-state index in [1.807, 2.05) is 32.0 Å². The molecule has 0 aliphatic heterocycles. The molecule has 0 bridgehead atoms. The van der Waals surface area contributed by atoms with Crippen molar-refractivity contribution >= 4 is 38.9 Å². The van der Waals surface area contributed by atoms with E-state index in [1.54, 1.807) is 18.2 Å². The van der Waals surface area contributed by atoms with Crippen molar-refractivity contribution in [3.63, 3.8) is 0 Å². The Morgan fingerprint density at radius 3 is 2.67 bits per heavy atom. The van der Waals surface area contributed by atoms with Crippen LogP contribution in [-0.2, 0) is 0 Å². The zero-order chi connectivity index (χ0) is 15.4. The lowest BCUT2D eigenvalue weighted by molar-refractivity contribution is 0.0956. The number of carbonyl (C=O) groups excluding carboxylic acids is 1. The number of aryl methyl sites for hydroxylation is 1. The fourth-order valence-electron chi connectivity index (χ4n) is 2.00. The second kappa shape index (κ2) is 6.63. The first-order valence-corrected chi connectivity index (χ1v) is 7.51. The van der Waals surface area contributed by atoms with Crippen molar-refractivity contribution in [3.05, 3.63) is 52.0 Å². The van der Waals surface area contributed by atoms with Crippen LogP contribution in [0.25, 0.3) is 0 Å². The second-order valence-electron chi connectivity index (χ2n) is 4.77. The Morgan fingerprint density at radius 2 is 1.95 bits per heavy atom. The molecule has 0 aliphatic carbocycles. The van der Waals surface area contributed by atoms with Crippen LogP contribution in [0.3, 0.4) is 0 Å². The summed E-state index contributed by atoms with van der Waals surface area (Å²) in [4.78, 5) is 12.1. The van der Waals surface area contributed by atoms with Crippen molar-refractivity contribution in [3.8, 4) is 0 Å². The Bertz CT molecular complexity index is 671. The van der Waals surface area contributed by atoms with Gasteiger partial charge < -0.3 is 16.4 Å². The second-order valence-corrected chi connectivity index (χ2v) is 5.63. The van der Waals surface area contributed by atoms with Gasteiger partial charge in [0.05, 0.1) is 16.9 Å². The first-order chi connectivity index (χ1) is 10.0. The van der Waals surface area contributed by atoms with Crippen LogP contribution >= 0.6 is 15.9 Å². The molecule has 2 rings (SSSR count). The maximum Gasteiger partial charge on any atom is 0.253 e. The van der Waals surface area contributed by atoms with Gasteiger partial charge in [-0.25, -0.2) is 0 Å². The molecule has 0 aromatic heterocycles. The summed E-state index contributed by atoms with van der Waals surface area (Å²) in [5, 5.41) is 6.08. The van der Waals surface area contributed by atoms with Gasteiger partial charge in [0, 0.05) is 16.7 Å². The third kappa shape index (κ3) is 3.76. The quantitative estimate of drug-likeness (QED) is 0.736. The van der Waals surface area contributed by atoms with E-state index in [-0.39, 0.29) is 5.91 Å². The van der Waals surface area contributed by atoms with E-state index in [0.29, 0.717) is 23.5 Å². The van der Waals surface area contributed by atoms with Crippen LogP contribution in [-0.4, -0.2) is 12.5 Å². The lowest BCUT2D eigenvalue weighted by atomic mass is 10.1. The molecular weight excluding hydrogens is 330 g/mol. The predicted molar refractivity (Wildman–Crippen MR) is 91.0 cm³/mol. The lowest BCUT2D eigenvalue weighted by Crippen LogP contribution is -2.23. The Labute approximate surface area is 132 Å². The summed E-state index contributed by atoms with van der Waals surface area (Å²) in [6, 6.07) is 11.2. The van der Waals surface area contributed by atoms with Gasteiger partial charge in [-0.05, 0) is 65.7 Å². The van der Waals surface area contributed by atoms with E-state index in [1.165, 1.54) is 0 Å². The minimum atomic E-state index is -0.122. The maximum atomic E-state index is 12.1. The van der Waals surface area contributed by atoms with Crippen molar-refractivity contribution < 1.29 is 4.79 Å². The van der Waals surface area contributed by atoms with Gasteiger partial charge in [-0.1, -0.05) is 6.07 Å². The number of hydrogen-bond acceptors (Lipinski definition) is 3. The van der Waals surface area contributed by atoms with E-state index in [0.717, 1.165) is 15.7 Å². The molecule has 0 saturated heterocycles. The van der Waals surface area contributed by atoms with Crippen molar-refractivity contribution in [1.29, 1.82) is 0 Å². The fraction of sp³-hybridized carbons (Fsp3) is 0.188. The molecule has 2 aromatic carbocycles. The molecule has 0 atom stereocenters. The highest BCUT2D eigenvalue weighted by Gasteiger charge is 2.12. The first kappa shape index (κ1) is 15.4. The third-order valence-electron chi connectivity index (χ3n) is 3.02. The molecule has 1 amide bonds. The van der Waals surface area contributed by atoms with Crippen molar-refractivity contribution in [2.45, 2.75) is 13.8 Å². The molecular formula is C16H18BrN3O. The number of nitrogen functional groups attached to an aromatic ring is 1. The standard InChI is InChI=1S/C16H18BrN3O/c1-3-19-16(21)12-6-5-11(18)9-14(12)20-15-8-10(2)4-7-13(15)17/h4-9,20H,3,18H2,1-2H3,(H,19,21). The monoisotopic (exact) mass is 347 g/mol. The highest BCUT2D eigenvalue weighted by Crippen LogP contribution is 2.29. The van der Waals surface area contributed by atoms with Crippen molar-refractivity contribution in [2.75, 3.05) is 17.6 Å². The molecule has 0 heterocycles. The van der Waals surface area contributed by atoms with Crippen LogP contribution in [0.5, 0.6) is 0 Å². The summed E-state index contributed by atoms with van der Waals surface area (Å²) in [7, 11) is 0. The number of rotatable bonds is 4. The first-order valence-electron chi connectivity index (χ1n) is 6.72. The number of anilines is 3. The van der Waals surface area contributed by atoms with E-state index < -0.39 is 0 Å². The number of halogens is 1. The summed E-state index contributed by atoms with van der Waals surface area (Å²) in [6.07, 6.45) is 0. The highest BCUT2D eigenvalue weighted by molar-refractivity contribution is 9.10. The van der Waals surface area contributed by atoms with Crippen LogP contribution in [0.2, 0.25) is 0 Å². The molecule has 0 saturated carbocycles. The minimum absolute atomic E-state index is 0.122. The predicted octanol–water partition coefficient (Wildman–Crippen LogP) is 3.83. The van der Waals surface area contributed by atoms with Gasteiger partial charge >= 0.3 is 0 Å². The molecule has 0 fully saturated rings. The Kier molecular flexibility index (Phi) is 4.85. The molecule has 5 heteroatoms. The summed E-state index contributed by atoms with van der Waals surface area (Å²) >= 11 is 3.50. The number of carbonyl (C=O) groups is 1. The number of nitrogens with two attached hydrogens (primary N) is 1. The molecule has 0 aliphatic rings. The zero-order valence-electron chi connectivity index (χ0n) is 12.0. The minimum Gasteiger partial charge on any atom is -0.399 e. The average Bonchev–Trinajstić information content (AvgIpc) is 2.43. The normalized spacial score (nSPS) is 10.2. The molecule has 0 spiro atoms. The number of nitrogens with one attached hydrogen (secondary N) is 2.